The molecule has 2 rings (SSSR count). The predicted octanol–water partition coefficient (Wildman–Crippen LogP) is 1.32. The van der Waals surface area contributed by atoms with E-state index in [1.54, 1.807) is 0 Å². The van der Waals surface area contributed by atoms with Crippen molar-refractivity contribution in [2.24, 2.45) is 11.7 Å². The second-order valence-electron chi connectivity index (χ2n) is 4.58. The van der Waals surface area contributed by atoms with Crippen molar-refractivity contribution < 1.29 is 0 Å². The van der Waals surface area contributed by atoms with Crippen LogP contribution in [0.1, 0.15) is 25.5 Å². The summed E-state index contributed by atoms with van der Waals surface area (Å²) >= 11 is 0. The van der Waals surface area contributed by atoms with Crippen molar-refractivity contribution in [2.45, 2.75) is 32.2 Å². The van der Waals surface area contributed by atoms with Crippen LogP contribution in [0.15, 0.2) is 12.1 Å². The maximum absolute atomic E-state index is 5.82. The molecule has 1 fully saturated rings. The number of hydrogen-bond donors (Lipinski definition) is 2. The highest BCUT2D eigenvalue weighted by atomic mass is 15.2. The summed E-state index contributed by atoms with van der Waals surface area (Å²) in [6.07, 6.45) is 2.53. The lowest BCUT2D eigenvalue weighted by Gasteiger charge is -2.29. The Balaban J connectivity index is 2.09. The van der Waals surface area contributed by atoms with Crippen LogP contribution in [-0.4, -0.2) is 22.3 Å². The summed E-state index contributed by atoms with van der Waals surface area (Å²) in [7, 11) is 0. The van der Waals surface area contributed by atoms with E-state index < -0.39 is 0 Å². The van der Waals surface area contributed by atoms with Gasteiger partial charge in [-0.25, -0.2) is 0 Å². The zero-order chi connectivity index (χ0) is 10.9. The number of nitrogens with zero attached hydrogens (tertiary/aromatic N) is 2. The molecule has 0 spiro atoms. The van der Waals surface area contributed by atoms with Crippen LogP contribution in [0.4, 0.5) is 5.82 Å². The molecule has 1 saturated carbocycles. The molecular weight excluding hydrogens is 188 g/mol. The lowest BCUT2D eigenvalue weighted by Crippen LogP contribution is -2.44. The normalized spacial score (nSPS) is 19.7. The van der Waals surface area contributed by atoms with Gasteiger partial charge in [-0.3, -0.25) is 0 Å². The molecule has 15 heavy (non-hydrogen) atoms. The topological polar surface area (TPSA) is 63.8 Å². The van der Waals surface area contributed by atoms with Crippen LogP contribution in [0.5, 0.6) is 0 Å². The van der Waals surface area contributed by atoms with Crippen LogP contribution in [0.3, 0.4) is 0 Å². The standard InChI is InChI=1S/C11H18N4/c1-8-3-6-10(15-14-8)13-11(2,7-12)9-4-5-9/h3,6,9H,4-5,7,12H2,1-2H3,(H,13,15). The zero-order valence-corrected chi connectivity index (χ0v) is 9.33. The van der Waals surface area contributed by atoms with Crippen molar-refractivity contribution >= 4 is 5.82 Å². The molecule has 0 bridgehead atoms. The Morgan fingerprint density at radius 3 is 2.67 bits per heavy atom. The highest BCUT2D eigenvalue weighted by molar-refractivity contribution is 5.37. The number of rotatable bonds is 4. The zero-order valence-electron chi connectivity index (χ0n) is 9.33. The van der Waals surface area contributed by atoms with Crippen molar-refractivity contribution in [2.75, 3.05) is 11.9 Å². The van der Waals surface area contributed by atoms with Crippen LogP contribution < -0.4 is 11.1 Å². The Bertz CT molecular complexity index is 331. The summed E-state index contributed by atoms with van der Waals surface area (Å²) < 4.78 is 0. The van der Waals surface area contributed by atoms with Gasteiger partial charge in [-0.05, 0) is 44.7 Å². The molecule has 1 aliphatic carbocycles. The molecule has 0 aliphatic heterocycles. The second kappa shape index (κ2) is 3.77. The molecule has 1 unspecified atom stereocenters. The summed E-state index contributed by atoms with van der Waals surface area (Å²) in [6, 6.07) is 3.91. The third-order valence-corrected chi connectivity index (χ3v) is 3.11. The van der Waals surface area contributed by atoms with Crippen molar-refractivity contribution in [3.63, 3.8) is 0 Å². The molecule has 1 aromatic heterocycles. The number of aromatic nitrogens is 2. The van der Waals surface area contributed by atoms with Gasteiger partial charge in [0.05, 0.1) is 11.2 Å². The van der Waals surface area contributed by atoms with E-state index in [0.29, 0.717) is 12.5 Å². The van der Waals surface area contributed by atoms with E-state index in [1.807, 2.05) is 19.1 Å². The van der Waals surface area contributed by atoms with Gasteiger partial charge in [0.15, 0.2) is 0 Å². The molecule has 1 aromatic rings. The third-order valence-electron chi connectivity index (χ3n) is 3.11. The van der Waals surface area contributed by atoms with Gasteiger partial charge < -0.3 is 11.1 Å². The molecule has 1 aliphatic rings. The minimum absolute atomic E-state index is 0.0239. The summed E-state index contributed by atoms with van der Waals surface area (Å²) in [5, 5.41) is 11.5. The van der Waals surface area contributed by atoms with Gasteiger partial charge in [-0.1, -0.05) is 0 Å². The average molecular weight is 206 g/mol. The fraction of sp³-hybridized carbons (Fsp3) is 0.636. The summed E-state index contributed by atoms with van der Waals surface area (Å²) in [5.41, 5.74) is 6.72. The van der Waals surface area contributed by atoms with E-state index in [1.165, 1.54) is 12.8 Å². The summed E-state index contributed by atoms with van der Waals surface area (Å²) in [4.78, 5) is 0. The Kier molecular flexibility index (Phi) is 2.61. The Hall–Kier alpha value is -1.16. The molecule has 4 heteroatoms. The van der Waals surface area contributed by atoms with Crippen molar-refractivity contribution in [1.29, 1.82) is 0 Å². The molecule has 4 nitrogen and oxygen atoms in total. The van der Waals surface area contributed by atoms with Crippen molar-refractivity contribution in [1.82, 2.24) is 10.2 Å². The minimum Gasteiger partial charge on any atom is -0.362 e. The van der Waals surface area contributed by atoms with E-state index in [-0.39, 0.29) is 5.54 Å². The Morgan fingerprint density at radius 1 is 1.47 bits per heavy atom. The minimum atomic E-state index is -0.0239. The van der Waals surface area contributed by atoms with Gasteiger partial charge in [0.1, 0.15) is 5.82 Å². The van der Waals surface area contributed by atoms with Gasteiger partial charge in [0.25, 0.3) is 0 Å². The fourth-order valence-corrected chi connectivity index (χ4v) is 1.80. The SMILES string of the molecule is Cc1ccc(NC(C)(CN)C2CC2)nn1. The van der Waals surface area contributed by atoms with Gasteiger partial charge in [0.2, 0.25) is 0 Å². The third kappa shape index (κ3) is 2.26. The smallest absolute Gasteiger partial charge is 0.149 e. The van der Waals surface area contributed by atoms with Crippen molar-refractivity contribution in [3.8, 4) is 0 Å². The number of nitrogens with one attached hydrogen (secondary N) is 1. The van der Waals surface area contributed by atoms with Gasteiger partial charge in [-0.2, -0.15) is 5.10 Å². The van der Waals surface area contributed by atoms with Crippen LogP contribution >= 0.6 is 0 Å². The molecule has 0 aromatic carbocycles. The molecule has 0 amide bonds. The first-order valence-corrected chi connectivity index (χ1v) is 5.42. The first kappa shape index (κ1) is 10.4. The van der Waals surface area contributed by atoms with Gasteiger partial charge >= 0.3 is 0 Å². The van der Waals surface area contributed by atoms with E-state index in [2.05, 4.69) is 22.4 Å². The van der Waals surface area contributed by atoms with Crippen molar-refractivity contribution in [3.05, 3.63) is 17.8 Å². The van der Waals surface area contributed by atoms with E-state index in [9.17, 15) is 0 Å². The average Bonchev–Trinajstić information content (AvgIpc) is 3.05. The summed E-state index contributed by atoms with van der Waals surface area (Å²) in [5.74, 6) is 1.51. The highest BCUT2D eigenvalue weighted by Gasteiger charge is 2.40. The van der Waals surface area contributed by atoms with Crippen LogP contribution in [0, 0.1) is 12.8 Å². The maximum atomic E-state index is 5.82. The van der Waals surface area contributed by atoms with E-state index in [0.717, 1.165) is 11.5 Å². The number of aryl methyl sites for hydroxylation is 1. The largest absolute Gasteiger partial charge is 0.362 e. The van der Waals surface area contributed by atoms with E-state index in [4.69, 9.17) is 5.73 Å². The van der Waals surface area contributed by atoms with Gasteiger partial charge in [0, 0.05) is 6.54 Å². The monoisotopic (exact) mass is 206 g/mol. The molecule has 1 atom stereocenters. The second-order valence-corrected chi connectivity index (χ2v) is 4.58. The number of hydrogen-bond acceptors (Lipinski definition) is 4. The molecule has 3 N–H and O–H groups in total. The van der Waals surface area contributed by atoms with Crippen LogP contribution in [0.25, 0.3) is 0 Å². The highest BCUT2D eigenvalue weighted by Crippen LogP contribution is 2.40. The lowest BCUT2D eigenvalue weighted by molar-refractivity contribution is 0.457. The van der Waals surface area contributed by atoms with Crippen LogP contribution in [0.2, 0.25) is 0 Å². The predicted molar refractivity (Wildman–Crippen MR) is 60.6 cm³/mol. The Labute approximate surface area is 90.3 Å². The quantitative estimate of drug-likeness (QED) is 0.780. The molecule has 0 saturated heterocycles. The maximum Gasteiger partial charge on any atom is 0.149 e. The molecule has 82 valence electrons. The Morgan fingerprint density at radius 2 is 2.20 bits per heavy atom. The first-order valence-electron chi connectivity index (χ1n) is 5.42. The lowest BCUT2D eigenvalue weighted by atomic mass is 9.96. The number of nitrogens with two attached hydrogens (primary N) is 1. The molecule has 0 radical (unpaired) electrons. The van der Waals surface area contributed by atoms with E-state index >= 15 is 0 Å². The van der Waals surface area contributed by atoms with Crippen LogP contribution in [-0.2, 0) is 0 Å². The molecular formula is C11H18N4. The first-order chi connectivity index (χ1) is 7.14. The van der Waals surface area contributed by atoms with Gasteiger partial charge in [-0.15, -0.1) is 5.10 Å². The number of anilines is 1. The summed E-state index contributed by atoms with van der Waals surface area (Å²) in [6.45, 7) is 4.72. The molecule has 1 heterocycles. The fourth-order valence-electron chi connectivity index (χ4n) is 1.80.